The molecule has 0 aliphatic carbocycles. The van der Waals surface area contributed by atoms with Crippen LogP contribution < -0.4 is 5.32 Å². The first-order chi connectivity index (χ1) is 16.0. The van der Waals surface area contributed by atoms with Gasteiger partial charge in [-0.25, -0.2) is 9.67 Å². The second-order valence-electron chi connectivity index (χ2n) is 8.08. The van der Waals surface area contributed by atoms with E-state index in [1.807, 2.05) is 32.0 Å². The minimum Gasteiger partial charge on any atom is -0.296 e. The number of hydrogen-bond acceptors (Lipinski definition) is 5. The minimum atomic E-state index is -4.40. The molecule has 0 aliphatic heterocycles. The Kier molecular flexibility index (Phi) is 6.26. The number of rotatable bonds is 5. The fourth-order valence-corrected chi connectivity index (χ4v) is 4.55. The van der Waals surface area contributed by atoms with Gasteiger partial charge in [0.1, 0.15) is 0 Å². The van der Waals surface area contributed by atoms with Crippen molar-refractivity contribution in [3.05, 3.63) is 86.7 Å². The van der Waals surface area contributed by atoms with Crippen LogP contribution in [-0.2, 0) is 12.6 Å². The molecule has 6 nitrogen and oxygen atoms in total. The Morgan fingerprint density at radius 3 is 2.59 bits per heavy atom. The van der Waals surface area contributed by atoms with Crippen LogP contribution in [0.5, 0.6) is 0 Å². The maximum Gasteiger partial charge on any atom is 0.416 e. The summed E-state index contributed by atoms with van der Waals surface area (Å²) in [5.41, 5.74) is 4.14. The molecular formula is C24H22F3N5OS. The maximum atomic E-state index is 13.0. The van der Waals surface area contributed by atoms with Crippen LogP contribution in [0.4, 0.5) is 18.3 Å². The van der Waals surface area contributed by atoms with Crippen LogP contribution in [-0.4, -0.2) is 25.9 Å². The van der Waals surface area contributed by atoms with Gasteiger partial charge in [0.25, 0.3) is 5.91 Å². The fourth-order valence-electron chi connectivity index (χ4n) is 3.56. The molecule has 34 heavy (non-hydrogen) atoms. The normalized spacial score (nSPS) is 11.6. The predicted molar refractivity (Wildman–Crippen MR) is 125 cm³/mol. The molecule has 1 N–H and O–H groups in total. The van der Waals surface area contributed by atoms with E-state index in [4.69, 9.17) is 0 Å². The first-order valence-electron chi connectivity index (χ1n) is 10.5. The molecule has 0 radical (unpaired) electrons. The number of benzene rings is 2. The van der Waals surface area contributed by atoms with E-state index in [-0.39, 0.29) is 12.1 Å². The Morgan fingerprint density at radius 1 is 1.09 bits per heavy atom. The van der Waals surface area contributed by atoms with Crippen LogP contribution in [0.2, 0.25) is 0 Å². The lowest BCUT2D eigenvalue weighted by Crippen LogP contribution is -2.14. The van der Waals surface area contributed by atoms with E-state index >= 15 is 0 Å². The van der Waals surface area contributed by atoms with Crippen molar-refractivity contribution >= 4 is 22.4 Å². The highest BCUT2D eigenvalue weighted by atomic mass is 32.1. The van der Waals surface area contributed by atoms with Gasteiger partial charge in [-0.1, -0.05) is 35.5 Å². The topological polar surface area (TPSA) is 72.7 Å². The van der Waals surface area contributed by atoms with Crippen LogP contribution in [0.3, 0.4) is 0 Å². The van der Waals surface area contributed by atoms with Crippen molar-refractivity contribution in [3.8, 4) is 5.69 Å². The van der Waals surface area contributed by atoms with E-state index in [0.29, 0.717) is 22.1 Å². The van der Waals surface area contributed by atoms with E-state index in [2.05, 4.69) is 20.6 Å². The Hall–Kier alpha value is -3.53. The van der Waals surface area contributed by atoms with E-state index < -0.39 is 17.6 Å². The zero-order chi connectivity index (χ0) is 24.6. The molecule has 0 saturated heterocycles. The molecule has 4 rings (SSSR count). The first-order valence-corrected chi connectivity index (χ1v) is 11.3. The number of amides is 1. The zero-order valence-electron chi connectivity index (χ0n) is 19.0. The summed E-state index contributed by atoms with van der Waals surface area (Å²) in [5, 5.41) is 11.3. The van der Waals surface area contributed by atoms with E-state index in [9.17, 15) is 18.0 Å². The van der Waals surface area contributed by atoms with Crippen LogP contribution in [0.15, 0.2) is 42.5 Å². The number of alkyl halides is 3. The molecule has 0 unspecified atom stereocenters. The third-order valence-electron chi connectivity index (χ3n) is 5.43. The molecule has 10 heteroatoms. The van der Waals surface area contributed by atoms with E-state index in [1.54, 1.807) is 24.6 Å². The van der Waals surface area contributed by atoms with Crippen LogP contribution in [0.25, 0.3) is 5.69 Å². The highest BCUT2D eigenvalue weighted by molar-refractivity contribution is 7.15. The predicted octanol–water partition coefficient (Wildman–Crippen LogP) is 5.82. The van der Waals surface area contributed by atoms with Crippen molar-refractivity contribution in [1.82, 2.24) is 20.0 Å². The molecule has 4 aromatic rings. The molecular weight excluding hydrogens is 463 g/mol. The SMILES string of the molecule is Cc1ccc(C)c(-n2nnc(C(=O)Nc3nc(C)c(Cc4cccc(C(F)(F)F)c4)s3)c2C)c1. The van der Waals surface area contributed by atoms with Gasteiger partial charge in [-0.05, 0) is 56.5 Å². The van der Waals surface area contributed by atoms with Gasteiger partial charge in [-0.2, -0.15) is 13.2 Å². The van der Waals surface area contributed by atoms with Crippen LogP contribution in [0, 0.1) is 27.7 Å². The fraction of sp³-hybridized carbons (Fsp3) is 0.250. The molecule has 2 heterocycles. The number of aryl methyl sites for hydroxylation is 3. The second kappa shape index (κ2) is 9.02. The van der Waals surface area contributed by atoms with Gasteiger partial charge in [-0.15, -0.1) is 16.4 Å². The van der Waals surface area contributed by atoms with Crippen LogP contribution >= 0.6 is 11.3 Å². The second-order valence-corrected chi connectivity index (χ2v) is 9.17. The summed E-state index contributed by atoms with van der Waals surface area (Å²) in [6, 6.07) is 11.2. The Labute approximate surface area is 198 Å². The van der Waals surface area contributed by atoms with Gasteiger partial charge < -0.3 is 0 Å². The minimum absolute atomic E-state index is 0.174. The average Bonchev–Trinajstić information content (AvgIpc) is 3.31. The standard InChI is InChI=1S/C24H22F3N5OS/c1-13-8-9-14(2)19(10-13)32-16(4)21(30-31-32)22(33)29-23-28-15(3)20(34-23)12-17-6-5-7-18(11-17)24(25,26)27/h5-11H,12H2,1-4H3,(H,28,29,33). The van der Waals surface area contributed by atoms with E-state index in [0.717, 1.165) is 33.8 Å². The smallest absolute Gasteiger partial charge is 0.296 e. The Balaban J connectivity index is 1.53. The number of thiazole rings is 1. The molecule has 0 fully saturated rings. The number of nitrogens with one attached hydrogen (secondary N) is 1. The van der Waals surface area contributed by atoms with Crippen molar-refractivity contribution in [2.45, 2.75) is 40.3 Å². The lowest BCUT2D eigenvalue weighted by molar-refractivity contribution is -0.137. The quantitative estimate of drug-likeness (QED) is 0.387. The molecule has 0 aliphatic rings. The molecule has 0 bridgehead atoms. The van der Waals surface area contributed by atoms with Gasteiger partial charge in [-0.3, -0.25) is 10.1 Å². The molecule has 2 aromatic carbocycles. The zero-order valence-corrected chi connectivity index (χ0v) is 19.8. The molecule has 0 saturated carbocycles. The number of halogens is 3. The molecule has 1 amide bonds. The number of carbonyl (C=O) groups excluding carboxylic acids is 1. The van der Waals surface area contributed by atoms with Crippen molar-refractivity contribution in [1.29, 1.82) is 0 Å². The lowest BCUT2D eigenvalue weighted by Gasteiger charge is -2.08. The Bertz CT molecular complexity index is 1370. The first kappa shape index (κ1) is 23.6. The van der Waals surface area contributed by atoms with Crippen molar-refractivity contribution in [2.75, 3.05) is 5.32 Å². The molecule has 0 spiro atoms. The number of carbonyl (C=O) groups is 1. The summed E-state index contributed by atoms with van der Waals surface area (Å²) < 4.78 is 40.7. The van der Waals surface area contributed by atoms with E-state index in [1.165, 1.54) is 17.4 Å². The largest absolute Gasteiger partial charge is 0.416 e. The van der Waals surface area contributed by atoms with Gasteiger partial charge in [0.2, 0.25) is 0 Å². The van der Waals surface area contributed by atoms with Gasteiger partial charge in [0.15, 0.2) is 10.8 Å². The summed E-state index contributed by atoms with van der Waals surface area (Å²) in [6.45, 7) is 7.46. The third kappa shape index (κ3) is 4.86. The number of aromatic nitrogens is 4. The molecule has 2 aromatic heterocycles. The molecule has 176 valence electrons. The van der Waals surface area contributed by atoms with Crippen molar-refractivity contribution < 1.29 is 18.0 Å². The summed E-state index contributed by atoms with van der Waals surface area (Å²) in [6.07, 6.45) is -4.12. The summed E-state index contributed by atoms with van der Waals surface area (Å²) >= 11 is 1.22. The summed E-state index contributed by atoms with van der Waals surface area (Å²) in [4.78, 5) is 18.0. The summed E-state index contributed by atoms with van der Waals surface area (Å²) in [7, 11) is 0. The lowest BCUT2D eigenvalue weighted by atomic mass is 10.1. The highest BCUT2D eigenvalue weighted by Gasteiger charge is 2.30. The molecule has 0 atom stereocenters. The average molecular weight is 486 g/mol. The number of hydrogen-bond donors (Lipinski definition) is 1. The van der Waals surface area contributed by atoms with Gasteiger partial charge in [0.05, 0.1) is 22.6 Å². The maximum absolute atomic E-state index is 13.0. The Morgan fingerprint density at radius 2 is 1.85 bits per heavy atom. The van der Waals surface area contributed by atoms with Crippen molar-refractivity contribution in [2.24, 2.45) is 0 Å². The third-order valence-corrected chi connectivity index (χ3v) is 6.51. The summed E-state index contributed by atoms with van der Waals surface area (Å²) in [5.74, 6) is -0.451. The number of anilines is 1. The number of nitrogens with zero attached hydrogens (tertiary/aromatic N) is 4. The monoisotopic (exact) mass is 485 g/mol. The van der Waals surface area contributed by atoms with Gasteiger partial charge in [0, 0.05) is 11.3 Å². The van der Waals surface area contributed by atoms with Gasteiger partial charge >= 0.3 is 6.18 Å². The van der Waals surface area contributed by atoms with Crippen molar-refractivity contribution in [3.63, 3.8) is 0 Å². The highest BCUT2D eigenvalue weighted by Crippen LogP contribution is 2.31. The van der Waals surface area contributed by atoms with Crippen LogP contribution in [0.1, 0.15) is 49.0 Å².